The number of rotatable bonds is 3. The first-order chi connectivity index (χ1) is 10.4. The number of hydrogen-bond acceptors (Lipinski definition) is 4. The largest absolute Gasteiger partial charge is 0.444 e. The zero-order valence-corrected chi connectivity index (χ0v) is 12.5. The summed E-state index contributed by atoms with van der Waals surface area (Å²) >= 11 is 0. The summed E-state index contributed by atoms with van der Waals surface area (Å²) in [6.07, 6.45) is 2.63. The highest BCUT2D eigenvalue weighted by Gasteiger charge is 2.11. The average Bonchev–Trinajstić information content (AvgIpc) is 2.97. The van der Waals surface area contributed by atoms with Gasteiger partial charge in [0, 0.05) is 17.4 Å². The molecule has 22 heavy (non-hydrogen) atoms. The van der Waals surface area contributed by atoms with Crippen LogP contribution in [0.2, 0.25) is 0 Å². The molecule has 1 aromatic heterocycles. The summed E-state index contributed by atoms with van der Waals surface area (Å²) in [7, 11) is -3.23. The Bertz CT molecular complexity index is 897. The summed E-state index contributed by atoms with van der Waals surface area (Å²) in [5.41, 5.74) is 1.99. The molecule has 1 heterocycles. The second-order valence-electron chi connectivity index (χ2n) is 4.84. The molecule has 0 radical (unpaired) electrons. The van der Waals surface area contributed by atoms with E-state index in [0.717, 1.165) is 11.8 Å². The van der Waals surface area contributed by atoms with Crippen molar-refractivity contribution in [1.29, 1.82) is 0 Å². The van der Waals surface area contributed by atoms with Crippen LogP contribution >= 0.6 is 0 Å². The van der Waals surface area contributed by atoms with Crippen molar-refractivity contribution in [2.24, 2.45) is 0 Å². The standard InChI is InChI=1S/C16H12FNO3S/c1-22(19,20)14-8-4-12(5-9-14)16-18-15(10-21-16)11-2-6-13(17)7-3-11/h2-10H,1H3. The van der Waals surface area contributed by atoms with E-state index in [4.69, 9.17) is 4.42 Å². The second-order valence-corrected chi connectivity index (χ2v) is 6.86. The van der Waals surface area contributed by atoms with Crippen LogP contribution in [0.1, 0.15) is 0 Å². The van der Waals surface area contributed by atoms with Gasteiger partial charge in [0.2, 0.25) is 5.89 Å². The Morgan fingerprint density at radius 3 is 2.14 bits per heavy atom. The number of aromatic nitrogens is 1. The van der Waals surface area contributed by atoms with Gasteiger partial charge >= 0.3 is 0 Å². The third-order valence-corrected chi connectivity index (χ3v) is 4.30. The van der Waals surface area contributed by atoms with Gasteiger partial charge in [0.25, 0.3) is 0 Å². The molecular formula is C16H12FNO3S. The highest BCUT2D eigenvalue weighted by Crippen LogP contribution is 2.25. The van der Waals surface area contributed by atoms with Gasteiger partial charge in [-0.3, -0.25) is 0 Å². The van der Waals surface area contributed by atoms with Crippen molar-refractivity contribution in [1.82, 2.24) is 4.98 Å². The fourth-order valence-electron chi connectivity index (χ4n) is 2.00. The summed E-state index contributed by atoms with van der Waals surface area (Å²) in [6.45, 7) is 0. The van der Waals surface area contributed by atoms with Crippen molar-refractivity contribution in [3.8, 4) is 22.7 Å². The van der Waals surface area contributed by atoms with Crippen molar-refractivity contribution in [2.75, 3.05) is 6.26 Å². The Balaban J connectivity index is 1.92. The fraction of sp³-hybridized carbons (Fsp3) is 0.0625. The van der Waals surface area contributed by atoms with Crippen LogP contribution in [0.25, 0.3) is 22.7 Å². The molecule has 0 saturated heterocycles. The van der Waals surface area contributed by atoms with Crippen LogP contribution in [0.15, 0.2) is 64.1 Å². The number of sulfone groups is 1. The van der Waals surface area contributed by atoms with Gasteiger partial charge in [0.1, 0.15) is 17.8 Å². The summed E-state index contributed by atoms with van der Waals surface area (Å²) in [4.78, 5) is 4.57. The molecular weight excluding hydrogens is 305 g/mol. The molecule has 0 N–H and O–H groups in total. The molecule has 0 amide bonds. The molecule has 0 bridgehead atoms. The highest BCUT2D eigenvalue weighted by molar-refractivity contribution is 7.90. The maximum absolute atomic E-state index is 12.9. The molecule has 112 valence electrons. The Morgan fingerprint density at radius 2 is 1.55 bits per heavy atom. The first-order valence-electron chi connectivity index (χ1n) is 6.45. The maximum atomic E-state index is 12.9. The molecule has 0 fully saturated rings. The quantitative estimate of drug-likeness (QED) is 0.741. The van der Waals surface area contributed by atoms with Gasteiger partial charge in [-0.25, -0.2) is 17.8 Å². The number of benzene rings is 2. The molecule has 0 atom stereocenters. The third-order valence-electron chi connectivity index (χ3n) is 3.17. The van der Waals surface area contributed by atoms with Gasteiger partial charge in [-0.15, -0.1) is 0 Å². The molecule has 0 aliphatic rings. The van der Waals surface area contributed by atoms with Gasteiger partial charge in [0.15, 0.2) is 9.84 Å². The summed E-state index contributed by atoms with van der Waals surface area (Å²) < 4.78 is 41.2. The van der Waals surface area contributed by atoms with Crippen LogP contribution in [0.5, 0.6) is 0 Å². The van der Waals surface area contributed by atoms with E-state index in [1.165, 1.54) is 30.5 Å². The van der Waals surface area contributed by atoms with E-state index in [2.05, 4.69) is 4.98 Å². The fourth-order valence-corrected chi connectivity index (χ4v) is 2.63. The monoisotopic (exact) mass is 317 g/mol. The summed E-state index contributed by atoms with van der Waals surface area (Å²) in [5, 5.41) is 0. The lowest BCUT2D eigenvalue weighted by Crippen LogP contribution is -1.96. The van der Waals surface area contributed by atoms with Crippen LogP contribution in [0, 0.1) is 5.82 Å². The molecule has 3 aromatic rings. The normalized spacial score (nSPS) is 11.5. The minimum atomic E-state index is -3.23. The van der Waals surface area contributed by atoms with Crippen LogP contribution in [0.3, 0.4) is 0 Å². The molecule has 0 spiro atoms. The van der Waals surface area contributed by atoms with E-state index in [9.17, 15) is 12.8 Å². The predicted molar refractivity (Wildman–Crippen MR) is 80.4 cm³/mol. The van der Waals surface area contributed by atoms with Crippen molar-refractivity contribution in [3.63, 3.8) is 0 Å². The topological polar surface area (TPSA) is 60.2 Å². The number of halogens is 1. The maximum Gasteiger partial charge on any atom is 0.226 e. The van der Waals surface area contributed by atoms with E-state index in [0.29, 0.717) is 17.1 Å². The third kappa shape index (κ3) is 2.92. The zero-order valence-electron chi connectivity index (χ0n) is 11.7. The Kier molecular flexibility index (Phi) is 3.54. The van der Waals surface area contributed by atoms with Gasteiger partial charge in [-0.2, -0.15) is 0 Å². The van der Waals surface area contributed by atoms with E-state index in [1.54, 1.807) is 24.3 Å². The summed E-state index contributed by atoms with van der Waals surface area (Å²) in [5.74, 6) is 0.0585. The minimum Gasteiger partial charge on any atom is -0.444 e. The number of oxazole rings is 1. The number of nitrogens with zero attached hydrogens (tertiary/aromatic N) is 1. The molecule has 6 heteroatoms. The van der Waals surface area contributed by atoms with Crippen LogP contribution in [-0.4, -0.2) is 19.7 Å². The van der Waals surface area contributed by atoms with E-state index in [1.807, 2.05) is 0 Å². The van der Waals surface area contributed by atoms with Crippen LogP contribution in [-0.2, 0) is 9.84 Å². The lowest BCUT2D eigenvalue weighted by Gasteiger charge is -1.99. The molecule has 0 aliphatic carbocycles. The van der Waals surface area contributed by atoms with Crippen LogP contribution < -0.4 is 0 Å². The molecule has 2 aromatic carbocycles. The Labute approximate surface area is 127 Å². The lowest BCUT2D eigenvalue weighted by atomic mass is 10.2. The lowest BCUT2D eigenvalue weighted by molar-refractivity contribution is 0.574. The number of hydrogen-bond donors (Lipinski definition) is 0. The first-order valence-corrected chi connectivity index (χ1v) is 8.34. The predicted octanol–water partition coefficient (Wildman–Crippen LogP) is 3.55. The molecule has 4 nitrogen and oxygen atoms in total. The van der Waals surface area contributed by atoms with Gasteiger partial charge in [-0.1, -0.05) is 0 Å². The van der Waals surface area contributed by atoms with Crippen molar-refractivity contribution in [2.45, 2.75) is 4.90 Å². The van der Waals surface area contributed by atoms with Crippen molar-refractivity contribution in [3.05, 3.63) is 60.6 Å². The second kappa shape index (κ2) is 5.38. The van der Waals surface area contributed by atoms with E-state index in [-0.39, 0.29) is 10.7 Å². The average molecular weight is 317 g/mol. The van der Waals surface area contributed by atoms with Crippen molar-refractivity contribution < 1.29 is 17.2 Å². The first kappa shape index (κ1) is 14.5. The highest BCUT2D eigenvalue weighted by atomic mass is 32.2. The minimum absolute atomic E-state index is 0.238. The summed E-state index contributed by atoms with van der Waals surface area (Å²) in [6, 6.07) is 12.2. The van der Waals surface area contributed by atoms with Gasteiger partial charge < -0.3 is 4.42 Å². The Hall–Kier alpha value is -2.47. The van der Waals surface area contributed by atoms with E-state index >= 15 is 0 Å². The van der Waals surface area contributed by atoms with Gasteiger partial charge in [-0.05, 0) is 48.5 Å². The van der Waals surface area contributed by atoms with Crippen LogP contribution in [0.4, 0.5) is 4.39 Å². The molecule has 0 saturated carbocycles. The van der Waals surface area contributed by atoms with E-state index < -0.39 is 9.84 Å². The SMILES string of the molecule is CS(=O)(=O)c1ccc(-c2nc(-c3ccc(F)cc3)co2)cc1. The molecule has 0 unspecified atom stereocenters. The molecule has 0 aliphatic heterocycles. The molecule has 3 rings (SSSR count). The smallest absolute Gasteiger partial charge is 0.226 e. The van der Waals surface area contributed by atoms with Gasteiger partial charge in [0.05, 0.1) is 4.90 Å². The Morgan fingerprint density at radius 1 is 0.955 bits per heavy atom. The van der Waals surface area contributed by atoms with Crippen molar-refractivity contribution >= 4 is 9.84 Å². The zero-order chi connectivity index (χ0) is 15.7.